The minimum atomic E-state index is -3.21. The first kappa shape index (κ1) is 30.9. The van der Waals surface area contributed by atoms with Crippen LogP contribution in [0.3, 0.4) is 0 Å². The van der Waals surface area contributed by atoms with Crippen molar-refractivity contribution >= 4 is 88.3 Å². The van der Waals surface area contributed by atoms with Gasteiger partial charge in [-0.1, -0.05) is 140 Å². The number of furan rings is 1. The van der Waals surface area contributed by atoms with Crippen LogP contribution in [0.15, 0.2) is 199 Å². The Morgan fingerprint density at radius 1 is 0.426 bits per heavy atom. The molecular weight excluding hydrogens is 678 g/mol. The zero-order valence-corrected chi connectivity index (χ0v) is 30.1. The molecule has 0 bridgehead atoms. The van der Waals surface area contributed by atoms with Crippen molar-refractivity contribution in [2.75, 3.05) is 0 Å². The van der Waals surface area contributed by atoms with E-state index in [1.165, 1.54) is 16.2 Å². The van der Waals surface area contributed by atoms with Crippen LogP contribution < -0.4 is 15.9 Å². The summed E-state index contributed by atoms with van der Waals surface area (Å²) in [6.07, 6.45) is 0. The molecule has 11 rings (SSSR count). The van der Waals surface area contributed by atoms with Crippen LogP contribution in [0.25, 0.3) is 82.1 Å². The van der Waals surface area contributed by atoms with Gasteiger partial charge in [0.15, 0.2) is 7.14 Å². The summed E-state index contributed by atoms with van der Waals surface area (Å²) in [5.41, 5.74) is 7.08. The fourth-order valence-electron chi connectivity index (χ4n) is 8.55. The molecule has 11 aromatic rings. The van der Waals surface area contributed by atoms with Crippen molar-refractivity contribution in [3.63, 3.8) is 0 Å². The van der Waals surface area contributed by atoms with E-state index in [1.807, 2.05) is 66.7 Å². The van der Waals surface area contributed by atoms with Gasteiger partial charge in [-0.2, -0.15) is 0 Å². The zero-order chi connectivity index (χ0) is 35.8. The van der Waals surface area contributed by atoms with Gasteiger partial charge in [0, 0.05) is 48.7 Å². The highest BCUT2D eigenvalue weighted by Gasteiger charge is 2.30. The Labute approximate surface area is 311 Å². The molecule has 9 aromatic carbocycles. The number of benzene rings is 9. The Morgan fingerprint density at radius 2 is 1.00 bits per heavy atom. The molecule has 0 N–H and O–H groups in total. The second-order valence-corrected chi connectivity index (χ2v) is 16.8. The van der Waals surface area contributed by atoms with Crippen molar-refractivity contribution in [1.29, 1.82) is 0 Å². The van der Waals surface area contributed by atoms with E-state index in [9.17, 15) is 0 Å². The van der Waals surface area contributed by atoms with Crippen molar-refractivity contribution in [3.8, 4) is 16.8 Å². The van der Waals surface area contributed by atoms with Crippen LogP contribution in [-0.4, -0.2) is 4.57 Å². The summed E-state index contributed by atoms with van der Waals surface area (Å²) in [6.45, 7) is 0. The molecule has 54 heavy (non-hydrogen) atoms. The van der Waals surface area contributed by atoms with Gasteiger partial charge in [-0.15, -0.1) is 0 Å². The van der Waals surface area contributed by atoms with Gasteiger partial charge in [0.05, 0.1) is 11.0 Å². The van der Waals surface area contributed by atoms with E-state index < -0.39 is 7.14 Å². The predicted octanol–water partition coefficient (Wildman–Crippen LogP) is 12.3. The summed E-state index contributed by atoms with van der Waals surface area (Å²) in [6, 6.07) is 67.1. The quantitative estimate of drug-likeness (QED) is 0.167. The standard InChI is InChI=1S/C50H32NO2P/c52-54(37-18-6-2-7-19-37,38-20-8-3-9-21-38)39-26-28-46-44(32-39)43-31-35(24-27-45(43)51(46)36-16-4-1-5-17-36)42-30-34-15-11-13-23-41(34)49-48-40-22-12-10-14-33(40)25-29-47(48)53-50(42)49/h1-32H. The van der Waals surface area contributed by atoms with Gasteiger partial charge < -0.3 is 13.5 Å². The summed E-state index contributed by atoms with van der Waals surface area (Å²) in [7, 11) is -3.21. The van der Waals surface area contributed by atoms with Gasteiger partial charge in [0.2, 0.25) is 0 Å². The minimum absolute atomic E-state index is 0.808. The second kappa shape index (κ2) is 11.9. The average Bonchev–Trinajstić information content (AvgIpc) is 3.80. The summed E-state index contributed by atoms with van der Waals surface area (Å²) in [4.78, 5) is 0. The fraction of sp³-hybridized carbons (Fsp3) is 0. The number of para-hydroxylation sites is 1. The molecule has 0 spiro atoms. The van der Waals surface area contributed by atoms with Crippen LogP contribution in [0.1, 0.15) is 0 Å². The lowest BCUT2D eigenvalue weighted by Crippen LogP contribution is -2.24. The van der Waals surface area contributed by atoms with Crippen LogP contribution in [-0.2, 0) is 4.57 Å². The van der Waals surface area contributed by atoms with Crippen molar-refractivity contribution in [1.82, 2.24) is 4.57 Å². The van der Waals surface area contributed by atoms with Crippen molar-refractivity contribution < 1.29 is 8.98 Å². The zero-order valence-electron chi connectivity index (χ0n) is 29.2. The number of hydrogen-bond acceptors (Lipinski definition) is 2. The fourth-order valence-corrected chi connectivity index (χ4v) is 11.2. The number of fused-ring (bicyclic) bond motifs is 10. The Bertz CT molecular complexity index is 3250. The summed E-state index contributed by atoms with van der Waals surface area (Å²) >= 11 is 0. The van der Waals surface area contributed by atoms with E-state index in [2.05, 4.69) is 132 Å². The van der Waals surface area contributed by atoms with Crippen LogP contribution >= 0.6 is 7.14 Å². The first-order valence-electron chi connectivity index (χ1n) is 18.3. The Morgan fingerprint density at radius 3 is 1.70 bits per heavy atom. The first-order chi connectivity index (χ1) is 26.7. The largest absolute Gasteiger partial charge is 0.455 e. The third-order valence-corrected chi connectivity index (χ3v) is 14.1. The molecule has 0 aliphatic heterocycles. The van der Waals surface area contributed by atoms with Gasteiger partial charge in [-0.25, -0.2) is 0 Å². The Hall–Kier alpha value is -6.67. The van der Waals surface area contributed by atoms with E-state index in [0.717, 1.165) is 81.9 Å². The molecule has 0 amide bonds. The highest BCUT2D eigenvalue weighted by Crippen LogP contribution is 2.46. The first-order valence-corrected chi connectivity index (χ1v) is 20.0. The Balaban J connectivity index is 1.22. The van der Waals surface area contributed by atoms with Gasteiger partial charge in [-0.05, 0) is 81.7 Å². The van der Waals surface area contributed by atoms with Gasteiger partial charge in [-0.3, -0.25) is 0 Å². The van der Waals surface area contributed by atoms with Crippen molar-refractivity contribution in [2.45, 2.75) is 0 Å². The van der Waals surface area contributed by atoms with Crippen LogP contribution in [0.4, 0.5) is 0 Å². The number of rotatable bonds is 5. The lowest BCUT2D eigenvalue weighted by atomic mass is 9.94. The second-order valence-electron chi connectivity index (χ2n) is 14.0. The molecule has 0 radical (unpaired) electrons. The molecule has 0 saturated carbocycles. The van der Waals surface area contributed by atoms with Crippen LogP contribution in [0, 0.1) is 0 Å². The summed E-state index contributed by atoms with van der Waals surface area (Å²) in [5, 5.41) is 11.6. The summed E-state index contributed by atoms with van der Waals surface area (Å²) < 4.78 is 24.8. The monoisotopic (exact) mass is 709 g/mol. The Kier molecular flexibility index (Phi) is 6.83. The van der Waals surface area contributed by atoms with E-state index in [1.54, 1.807) is 0 Å². The van der Waals surface area contributed by atoms with Crippen molar-refractivity contribution in [2.24, 2.45) is 0 Å². The number of hydrogen-bond donors (Lipinski definition) is 0. The maximum Gasteiger partial charge on any atom is 0.171 e. The molecule has 0 unspecified atom stereocenters. The molecule has 4 heteroatoms. The molecule has 0 aliphatic rings. The van der Waals surface area contributed by atoms with Crippen LogP contribution in [0.5, 0.6) is 0 Å². The van der Waals surface area contributed by atoms with E-state index in [4.69, 9.17) is 4.42 Å². The third kappa shape index (κ3) is 4.52. The van der Waals surface area contributed by atoms with E-state index in [-0.39, 0.29) is 0 Å². The van der Waals surface area contributed by atoms with Gasteiger partial charge in [0.1, 0.15) is 11.2 Å². The maximum absolute atomic E-state index is 15.6. The number of aromatic nitrogens is 1. The smallest absolute Gasteiger partial charge is 0.171 e. The highest BCUT2D eigenvalue weighted by molar-refractivity contribution is 7.85. The molecule has 0 aliphatic carbocycles. The topological polar surface area (TPSA) is 35.1 Å². The maximum atomic E-state index is 15.6. The van der Waals surface area contributed by atoms with Gasteiger partial charge >= 0.3 is 0 Å². The molecule has 2 aromatic heterocycles. The normalized spacial score (nSPS) is 12.1. The van der Waals surface area contributed by atoms with Crippen LogP contribution in [0.2, 0.25) is 0 Å². The minimum Gasteiger partial charge on any atom is -0.455 e. The molecule has 254 valence electrons. The summed E-state index contributed by atoms with van der Waals surface area (Å²) in [5.74, 6) is 0. The highest BCUT2D eigenvalue weighted by atomic mass is 31.2. The van der Waals surface area contributed by atoms with Crippen molar-refractivity contribution in [3.05, 3.63) is 194 Å². The number of nitrogens with zero attached hydrogens (tertiary/aromatic N) is 1. The van der Waals surface area contributed by atoms with Gasteiger partial charge in [0.25, 0.3) is 0 Å². The predicted molar refractivity (Wildman–Crippen MR) is 228 cm³/mol. The average molecular weight is 710 g/mol. The lowest BCUT2D eigenvalue weighted by Gasteiger charge is -2.20. The molecule has 0 fully saturated rings. The molecule has 0 atom stereocenters. The lowest BCUT2D eigenvalue weighted by molar-refractivity contribution is 0.592. The SMILES string of the molecule is O=P(c1ccccc1)(c1ccccc1)c1ccc2c(c1)c1cc(-c3cc4ccccc4c4c3oc3ccc5ccccc5c34)ccc1n2-c1ccccc1. The van der Waals surface area contributed by atoms with E-state index >= 15 is 4.57 Å². The van der Waals surface area contributed by atoms with E-state index in [0.29, 0.717) is 0 Å². The molecular formula is C50H32NO2P. The molecule has 0 saturated heterocycles. The molecule has 2 heterocycles. The third-order valence-electron chi connectivity index (χ3n) is 11.0. The molecule has 3 nitrogen and oxygen atoms in total.